The average Bonchev–Trinajstić information content (AvgIpc) is 2.27. The Bertz CT molecular complexity index is 155. The van der Waals surface area contributed by atoms with Crippen molar-refractivity contribution >= 4 is 0 Å². The third-order valence-electron chi connectivity index (χ3n) is 3.57. The molecule has 0 spiro atoms. The van der Waals surface area contributed by atoms with Crippen molar-refractivity contribution in [2.24, 2.45) is 5.92 Å². The fourth-order valence-electron chi connectivity index (χ4n) is 2.79. The summed E-state index contributed by atoms with van der Waals surface area (Å²) in [6, 6.07) is 1.19. The van der Waals surface area contributed by atoms with E-state index >= 15 is 0 Å². The molecular weight excluding hydrogens is 186 g/mol. The number of nitrogens with one attached hydrogen (secondary N) is 1. The molecule has 0 aromatic carbocycles. The number of ether oxygens (including phenoxy) is 1. The van der Waals surface area contributed by atoms with E-state index in [-0.39, 0.29) is 0 Å². The summed E-state index contributed by atoms with van der Waals surface area (Å²) >= 11 is 0. The smallest absolute Gasteiger partial charge is 0.0613 e. The van der Waals surface area contributed by atoms with Gasteiger partial charge < -0.3 is 10.1 Å². The van der Waals surface area contributed by atoms with Crippen LogP contribution < -0.4 is 5.32 Å². The van der Waals surface area contributed by atoms with E-state index < -0.39 is 0 Å². The highest BCUT2D eigenvalue weighted by atomic mass is 16.5. The van der Waals surface area contributed by atoms with Crippen molar-refractivity contribution in [3.8, 4) is 0 Å². The minimum absolute atomic E-state index is 0.488. The van der Waals surface area contributed by atoms with Crippen LogP contribution in [0.25, 0.3) is 0 Å². The lowest BCUT2D eigenvalue weighted by atomic mass is 9.82. The van der Waals surface area contributed by atoms with Gasteiger partial charge in [-0.25, -0.2) is 0 Å². The molecule has 1 fully saturated rings. The van der Waals surface area contributed by atoms with E-state index in [4.69, 9.17) is 4.74 Å². The fourth-order valence-corrected chi connectivity index (χ4v) is 2.79. The summed E-state index contributed by atoms with van der Waals surface area (Å²) in [4.78, 5) is 0. The molecule has 1 aliphatic rings. The van der Waals surface area contributed by atoms with Gasteiger partial charge in [0.05, 0.1) is 6.61 Å². The zero-order chi connectivity index (χ0) is 11.1. The molecule has 0 radical (unpaired) electrons. The Morgan fingerprint density at radius 2 is 1.93 bits per heavy atom. The van der Waals surface area contributed by atoms with Gasteiger partial charge in [0.15, 0.2) is 0 Å². The van der Waals surface area contributed by atoms with Gasteiger partial charge in [0.2, 0.25) is 0 Å². The summed E-state index contributed by atoms with van der Waals surface area (Å²) in [5.74, 6) is 0.906. The molecule has 0 aliphatic heterocycles. The second kappa shape index (κ2) is 7.24. The first kappa shape index (κ1) is 13.0. The van der Waals surface area contributed by atoms with E-state index in [1.807, 2.05) is 0 Å². The van der Waals surface area contributed by atoms with Crippen molar-refractivity contribution in [1.82, 2.24) is 5.32 Å². The lowest BCUT2D eigenvalue weighted by molar-refractivity contribution is 0.152. The van der Waals surface area contributed by atoms with Crippen molar-refractivity contribution in [3.05, 3.63) is 0 Å². The summed E-state index contributed by atoms with van der Waals surface area (Å²) in [6.07, 6.45) is 8.40. The highest BCUT2D eigenvalue weighted by Crippen LogP contribution is 2.27. The minimum Gasteiger partial charge on any atom is -0.383 e. The Kier molecular flexibility index (Phi) is 6.26. The maximum atomic E-state index is 5.17. The number of rotatable bonds is 6. The van der Waals surface area contributed by atoms with Gasteiger partial charge in [0.1, 0.15) is 0 Å². The third kappa shape index (κ3) is 4.52. The second-order valence-corrected chi connectivity index (χ2v) is 4.94. The van der Waals surface area contributed by atoms with Crippen molar-refractivity contribution in [1.29, 1.82) is 0 Å². The van der Waals surface area contributed by atoms with E-state index in [0.29, 0.717) is 12.1 Å². The number of hydrogen-bond donors (Lipinski definition) is 1. The fraction of sp³-hybridized carbons (Fsp3) is 1.00. The Balaban J connectivity index is 2.32. The first-order valence-electron chi connectivity index (χ1n) is 6.53. The van der Waals surface area contributed by atoms with Crippen LogP contribution in [-0.2, 0) is 4.74 Å². The Morgan fingerprint density at radius 1 is 1.27 bits per heavy atom. The standard InChI is InChI=1S/C13H27NO/c1-4-13(14-11(2)10-15-3)12-8-6-5-7-9-12/h11-14H,4-10H2,1-3H3. The second-order valence-electron chi connectivity index (χ2n) is 4.94. The first-order valence-corrected chi connectivity index (χ1v) is 6.53. The maximum absolute atomic E-state index is 5.17. The number of hydrogen-bond acceptors (Lipinski definition) is 2. The van der Waals surface area contributed by atoms with E-state index in [1.54, 1.807) is 7.11 Å². The predicted octanol–water partition coefficient (Wildman–Crippen LogP) is 2.97. The molecule has 0 aromatic rings. The summed E-state index contributed by atoms with van der Waals surface area (Å²) in [5, 5.41) is 3.71. The van der Waals surface area contributed by atoms with Gasteiger partial charge in [0.25, 0.3) is 0 Å². The van der Waals surface area contributed by atoms with Gasteiger partial charge in [-0.3, -0.25) is 0 Å². The summed E-state index contributed by atoms with van der Waals surface area (Å²) in [6.45, 7) is 5.34. The minimum atomic E-state index is 0.488. The number of methoxy groups -OCH3 is 1. The molecule has 15 heavy (non-hydrogen) atoms. The normalized spacial score (nSPS) is 22.6. The van der Waals surface area contributed by atoms with Gasteiger partial charge >= 0.3 is 0 Å². The van der Waals surface area contributed by atoms with Crippen LogP contribution in [0.1, 0.15) is 52.4 Å². The molecule has 2 unspecified atom stereocenters. The SMILES string of the molecule is CCC(NC(C)COC)C1CCCCC1. The van der Waals surface area contributed by atoms with Crippen LogP contribution in [0.15, 0.2) is 0 Å². The van der Waals surface area contributed by atoms with Crippen molar-refractivity contribution in [3.63, 3.8) is 0 Å². The molecule has 1 saturated carbocycles. The topological polar surface area (TPSA) is 21.3 Å². The lowest BCUT2D eigenvalue weighted by Crippen LogP contribution is -2.43. The summed E-state index contributed by atoms with van der Waals surface area (Å²) < 4.78 is 5.17. The molecule has 0 bridgehead atoms. The van der Waals surface area contributed by atoms with Gasteiger partial charge in [-0.2, -0.15) is 0 Å². The molecule has 2 nitrogen and oxygen atoms in total. The summed E-state index contributed by atoms with van der Waals surface area (Å²) in [7, 11) is 1.78. The largest absolute Gasteiger partial charge is 0.383 e. The van der Waals surface area contributed by atoms with Crippen molar-refractivity contribution in [2.45, 2.75) is 64.5 Å². The van der Waals surface area contributed by atoms with Gasteiger partial charge in [-0.05, 0) is 32.1 Å². The molecule has 0 amide bonds. The Morgan fingerprint density at radius 3 is 2.47 bits per heavy atom. The Hall–Kier alpha value is -0.0800. The van der Waals surface area contributed by atoms with Crippen LogP contribution in [0.2, 0.25) is 0 Å². The quantitative estimate of drug-likeness (QED) is 0.732. The van der Waals surface area contributed by atoms with Crippen LogP contribution in [0.4, 0.5) is 0 Å². The molecule has 0 saturated heterocycles. The van der Waals surface area contributed by atoms with E-state index in [2.05, 4.69) is 19.2 Å². The molecule has 2 atom stereocenters. The van der Waals surface area contributed by atoms with Crippen LogP contribution in [-0.4, -0.2) is 25.8 Å². The zero-order valence-electron chi connectivity index (χ0n) is 10.6. The van der Waals surface area contributed by atoms with Crippen molar-refractivity contribution < 1.29 is 4.74 Å². The molecule has 1 rings (SSSR count). The molecule has 1 N–H and O–H groups in total. The van der Waals surface area contributed by atoms with E-state index in [9.17, 15) is 0 Å². The monoisotopic (exact) mass is 213 g/mol. The molecular formula is C13H27NO. The van der Waals surface area contributed by atoms with Crippen molar-refractivity contribution in [2.75, 3.05) is 13.7 Å². The molecule has 90 valence electrons. The van der Waals surface area contributed by atoms with E-state index in [0.717, 1.165) is 12.5 Å². The zero-order valence-corrected chi connectivity index (χ0v) is 10.6. The average molecular weight is 213 g/mol. The summed E-state index contributed by atoms with van der Waals surface area (Å²) in [5.41, 5.74) is 0. The molecule has 2 heteroatoms. The van der Waals surface area contributed by atoms with Gasteiger partial charge in [0, 0.05) is 19.2 Å². The van der Waals surface area contributed by atoms with Gasteiger partial charge in [-0.1, -0.05) is 26.2 Å². The van der Waals surface area contributed by atoms with Gasteiger partial charge in [-0.15, -0.1) is 0 Å². The maximum Gasteiger partial charge on any atom is 0.0613 e. The third-order valence-corrected chi connectivity index (χ3v) is 3.57. The van der Waals surface area contributed by atoms with Crippen LogP contribution in [0.3, 0.4) is 0 Å². The lowest BCUT2D eigenvalue weighted by Gasteiger charge is -2.32. The van der Waals surface area contributed by atoms with E-state index in [1.165, 1.54) is 38.5 Å². The first-order chi connectivity index (χ1) is 7.27. The molecule has 0 aromatic heterocycles. The molecule has 0 heterocycles. The molecule has 1 aliphatic carbocycles. The van der Waals surface area contributed by atoms with Crippen LogP contribution >= 0.6 is 0 Å². The predicted molar refractivity (Wildman–Crippen MR) is 65.1 cm³/mol. The highest BCUT2D eigenvalue weighted by Gasteiger charge is 2.22. The highest BCUT2D eigenvalue weighted by molar-refractivity contribution is 4.80. The Labute approximate surface area is 94.8 Å². The van der Waals surface area contributed by atoms with Crippen LogP contribution in [0, 0.1) is 5.92 Å². The van der Waals surface area contributed by atoms with Crippen LogP contribution in [0.5, 0.6) is 0 Å².